The Labute approximate surface area is 71.5 Å². The Balaban J connectivity index is 2.83. The molecule has 2 atom stereocenters. The predicted molar refractivity (Wildman–Crippen MR) is 43.6 cm³/mol. The molecule has 1 aliphatic rings. The van der Waals surface area contributed by atoms with Crippen LogP contribution in [0.5, 0.6) is 0 Å². The Kier molecular flexibility index (Phi) is 2.41. The van der Waals surface area contributed by atoms with Crippen LogP contribution in [0, 0.1) is 5.92 Å². The molecule has 1 rings (SSSR count). The van der Waals surface area contributed by atoms with Gasteiger partial charge >= 0.3 is 5.97 Å². The van der Waals surface area contributed by atoms with E-state index in [9.17, 15) is 13.2 Å². The van der Waals surface area contributed by atoms with Crippen molar-refractivity contribution in [3.63, 3.8) is 0 Å². The highest BCUT2D eigenvalue weighted by Crippen LogP contribution is 2.26. The molecule has 12 heavy (non-hydrogen) atoms. The SMILES string of the molecule is CC(C(=O)O)C1CCCS1(=O)=O. The second-order valence-electron chi connectivity index (χ2n) is 3.17. The lowest BCUT2D eigenvalue weighted by atomic mass is 10.0. The smallest absolute Gasteiger partial charge is 0.307 e. The largest absolute Gasteiger partial charge is 0.481 e. The number of hydrogen-bond donors (Lipinski definition) is 1. The van der Waals surface area contributed by atoms with Gasteiger partial charge in [-0.1, -0.05) is 6.92 Å². The van der Waals surface area contributed by atoms with E-state index in [1.807, 2.05) is 0 Å². The van der Waals surface area contributed by atoms with Crippen molar-refractivity contribution in [1.29, 1.82) is 0 Å². The molecular weight excluding hydrogens is 180 g/mol. The molecule has 70 valence electrons. The Hall–Kier alpha value is -0.580. The van der Waals surface area contributed by atoms with Crippen molar-refractivity contribution < 1.29 is 18.3 Å². The van der Waals surface area contributed by atoms with E-state index in [1.54, 1.807) is 0 Å². The Morgan fingerprint density at radius 2 is 2.17 bits per heavy atom. The Morgan fingerprint density at radius 1 is 1.58 bits per heavy atom. The van der Waals surface area contributed by atoms with Gasteiger partial charge in [0.1, 0.15) is 0 Å². The molecule has 0 aromatic rings. The zero-order valence-electron chi connectivity index (χ0n) is 6.86. The normalized spacial score (nSPS) is 29.9. The number of carbonyl (C=O) groups is 1. The number of carboxylic acids is 1. The molecule has 2 unspecified atom stereocenters. The summed E-state index contributed by atoms with van der Waals surface area (Å²) in [6.07, 6.45) is 1.10. The van der Waals surface area contributed by atoms with Crippen molar-refractivity contribution in [2.75, 3.05) is 5.75 Å². The Bertz CT molecular complexity index is 280. The van der Waals surface area contributed by atoms with Gasteiger partial charge in [-0.3, -0.25) is 4.79 Å². The lowest BCUT2D eigenvalue weighted by Crippen LogP contribution is -2.29. The number of rotatable bonds is 2. The van der Waals surface area contributed by atoms with Gasteiger partial charge in [-0.15, -0.1) is 0 Å². The summed E-state index contributed by atoms with van der Waals surface area (Å²) in [5.41, 5.74) is 0. The topological polar surface area (TPSA) is 71.4 Å². The van der Waals surface area contributed by atoms with E-state index in [-0.39, 0.29) is 5.75 Å². The van der Waals surface area contributed by atoms with Gasteiger partial charge in [0.2, 0.25) is 0 Å². The lowest BCUT2D eigenvalue weighted by molar-refractivity contribution is -0.141. The molecule has 1 saturated heterocycles. The minimum atomic E-state index is -3.11. The molecule has 4 nitrogen and oxygen atoms in total. The van der Waals surface area contributed by atoms with E-state index in [0.717, 1.165) is 0 Å². The zero-order chi connectivity index (χ0) is 9.35. The maximum atomic E-state index is 11.2. The molecule has 1 aliphatic heterocycles. The maximum absolute atomic E-state index is 11.2. The van der Waals surface area contributed by atoms with Crippen molar-refractivity contribution in [3.8, 4) is 0 Å². The van der Waals surface area contributed by atoms with E-state index < -0.39 is 27.0 Å². The van der Waals surface area contributed by atoms with Crippen LogP contribution in [-0.2, 0) is 14.6 Å². The molecule has 0 aromatic heterocycles. The number of aliphatic carboxylic acids is 1. The third kappa shape index (κ3) is 1.60. The average Bonchev–Trinajstić information content (AvgIpc) is 2.27. The molecule has 0 bridgehead atoms. The van der Waals surface area contributed by atoms with E-state index >= 15 is 0 Å². The van der Waals surface area contributed by atoms with Crippen LogP contribution < -0.4 is 0 Å². The van der Waals surface area contributed by atoms with E-state index in [2.05, 4.69) is 0 Å². The minimum absolute atomic E-state index is 0.148. The van der Waals surface area contributed by atoms with Crippen molar-refractivity contribution in [2.45, 2.75) is 25.0 Å². The summed E-state index contributed by atoms with van der Waals surface area (Å²) in [6, 6.07) is 0. The molecule has 0 aliphatic carbocycles. The third-order valence-corrected chi connectivity index (χ3v) is 4.75. The second-order valence-corrected chi connectivity index (χ2v) is 5.51. The van der Waals surface area contributed by atoms with Crippen LogP contribution in [0.1, 0.15) is 19.8 Å². The van der Waals surface area contributed by atoms with Gasteiger partial charge in [-0.2, -0.15) is 0 Å². The van der Waals surface area contributed by atoms with Crippen LogP contribution >= 0.6 is 0 Å². The van der Waals surface area contributed by atoms with Gasteiger partial charge in [0.15, 0.2) is 9.84 Å². The van der Waals surface area contributed by atoms with Gasteiger partial charge in [-0.05, 0) is 12.8 Å². The van der Waals surface area contributed by atoms with Gasteiger partial charge in [-0.25, -0.2) is 8.42 Å². The average molecular weight is 192 g/mol. The molecule has 0 saturated carbocycles. The zero-order valence-corrected chi connectivity index (χ0v) is 7.67. The van der Waals surface area contributed by atoms with Crippen molar-refractivity contribution in [1.82, 2.24) is 0 Å². The first kappa shape index (κ1) is 9.51. The van der Waals surface area contributed by atoms with Crippen LogP contribution in [0.25, 0.3) is 0 Å². The molecular formula is C7H12O4S. The van der Waals surface area contributed by atoms with Gasteiger partial charge in [0.05, 0.1) is 16.9 Å². The first-order valence-electron chi connectivity index (χ1n) is 3.89. The van der Waals surface area contributed by atoms with Gasteiger partial charge < -0.3 is 5.11 Å². The quantitative estimate of drug-likeness (QED) is 0.682. The van der Waals surface area contributed by atoms with Crippen molar-refractivity contribution in [3.05, 3.63) is 0 Å². The fourth-order valence-corrected chi connectivity index (χ4v) is 3.67. The molecule has 1 heterocycles. The molecule has 1 fully saturated rings. The van der Waals surface area contributed by atoms with Crippen LogP contribution in [0.2, 0.25) is 0 Å². The summed E-state index contributed by atoms with van der Waals surface area (Å²) in [6.45, 7) is 1.45. The van der Waals surface area contributed by atoms with E-state index in [0.29, 0.717) is 12.8 Å². The summed E-state index contributed by atoms with van der Waals surface area (Å²) in [4.78, 5) is 10.5. The molecule has 0 aromatic carbocycles. The molecule has 1 N–H and O–H groups in total. The van der Waals surface area contributed by atoms with Crippen LogP contribution in [0.4, 0.5) is 0 Å². The maximum Gasteiger partial charge on any atom is 0.307 e. The van der Waals surface area contributed by atoms with E-state index in [4.69, 9.17) is 5.11 Å². The summed E-state index contributed by atoms with van der Waals surface area (Å²) in [7, 11) is -3.11. The predicted octanol–water partition coefficient (Wildman–Crippen LogP) is 0.284. The molecule has 5 heteroatoms. The number of hydrogen-bond acceptors (Lipinski definition) is 3. The first-order valence-corrected chi connectivity index (χ1v) is 5.61. The lowest BCUT2D eigenvalue weighted by Gasteiger charge is -2.12. The summed E-state index contributed by atoms with van der Waals surface area (Å²) >= 11 is 0. The van der Waals surface area contributed by atoms with Gasteiger partial charge in [0.25, 0.3) is 0 Å². The highest BCUT2D eigenvalue weighted by Gasteiger charge is 2.38. The monoisotopic (exact) mass is 192 g/mol. The molecule has 0 spiro atoms. The first-order chi connectivity index (χ1) is 5.45. The van der Waals surface area contributed by atoms with Crippen molar-refractivity contribution >= 4 is 15.8 Å². The Morgan fingerprint density at radius 3 is 2.50 bits per heavy atom. The highest BCUT2D eigenvalue weighted by atomic mass is 32.2. The fraction of sp³-hybridized carbons (Fsp3) is 0.857. The molecule has 0 radical (unpaired) electrons. The highest BCUT2D eigenvalue weighted by molar-refractivity contribution is 7.92. The minimum Gasteiger partial charge on any atom is -0.481 e. The summed E-state index contributed by atoms with van der Waals surface area (Å²) in [5.74, 6) is -1.64. The van der Waals surface area contributed by atoms with Crippen molar-refractivity contribution in [2.24, 2.45) is 5.92 Å². The number of carboxylic acid groups (broad SMARTS) is 1. The van der Waals surface area contributed by atoms with Crippen LogP contribution in [0.15, 0.2) is 0 Å². The van der Waals surface area contributed by atoms with Gasteiger partial charge in [0, 0.05) is 0 Å². The summed E-state index contributed by atoms with van der Waals surface area (Å²) < 4.78 is 22.5. The van der Waals surface area contributed by atoms with Crippen LogP contribution in [-0.4, -0.2) is 30.5 Å². The molecule has 0 amide bonds. The van der Waals surface area contributed by atoms with E-state index in [1.165, 1.54) is 6.92 Å². The third-order valence-electron chi connectivity index (χ3n) is 2.33. The summed E-state index contributed by atoms with van der Waals surface area (Å²) in [5, 5.41) is 7.95. The standard InChI is InChI=1S/C7H12O4S/c1-5(7(8)9)6-3-2-4-12(6,10)11/h5-6H,2-4H2,1H3,(H,8,9). The second kappa shape index (κ2) is 3.05. The fourth-order valence-electron chi connectivity index (χ4n) is 1.54. The number of sulfone groups is 1. The van der Waals surface area contributed by atoms with Crippen LogP contribution in [0.3, 0.4) is 0 Å².